The molecule has 4 N–H and O–H groups in total. The summed E-state index contributed by atoms with van der Waals surface area (Å²) in [4.78, 5) is 50.0. The van der Waals surface area contributed by atoms with Crippen molar-refractivity contribution in [3.8, 4) is 0 Å². The number of carbonyl (C=O) groups is 3. The van der Waals surface area contributed by atoms with Crippen molar-refractivity contribution >= 4 is 51.7 Å². The molecule has 2 bridgehead atoms. The Balaban J connectivity index is 0.000000328. The van der Waals surface area contributed by atoms with E-state index in [0.717, 1.165) is 68.0 Å². The van der Waals surface area contributed by atoms with Crippen LogP contribution in [0.3, 0.4) is 0 Å². The Kier molecular flexibility index (Phi) is 7.79. The maximum Gasteiger partial charge on any atom is 0.254 e. The molecule has 5 heterocycles. The zero-order valence-electron chi connectivity index (χ0n) is 22.9. The van der Waals surface area contributed by atoms with Gasteiger partial charge in [-0.1, -0.05) is 30.5 Å². The van der Waals surface area contributed by atoms with E-state index in [1.807, 2.05) is 23.2 Å². The normalized spacial score (nSPS) is 22.1. The van der Waals surface area contributed by atoms with E-state index in [-0.39, 0.29) is 41.6 Å². The van der Waals surface area contributed by atoms with Gasteiger partial charge in [-0.2, -0.15) is 0 Å². The van der Waals surface area contributed by atoms with Gasteiger partial charge >= 0.3 is 0 Å². The number of piperidine rings is 1. The summed E-state index contributed by atoms with van der Waals surface area (Å²) in [6, 6.07) is 7.52. The van der Waals surface area contributed by atoms with Crippen LogP contribution in [0.4, 0.5) is 5.82 Å². The lowest BCUT2D eigenvalue weighted by atomic mass is 9.82. The molecule has 4 aliphatic rings. The molecule has 3 aromatic rings. The van der Waals surface area contributed by atoms with Crippen LogP contribution in [0, 0.1) is 11.8 Å². The van der Waals surface area contributed by atoms with Gasteiger partial charge in [-0.05, 0) is 86.8 Å². The maximum atomic E-state index is 13.4. The number of aromatic amines is 1. The molecule has 1 saturated heterocycles. The van der Waals surface area contributed by atoms with Crippen molar-refractivity contribution in [1.29, 1.82) is 0 Å². The lowest BCUT2D eigenvalue weighted by molar-refractivity contribution is -0.121. The molecule has 2 aliphatic heterocycles. The second-order valence-electron chi connectivity index (χ2n) is 11.6. The van der Waals surface area contributed by atoms with Gasteiger partial charge in [-0.15, -0.1) is 0 Å². The number of fused-ring (bicyclic) bond motifs is 3. The highest BCUT2D eigenvalue weighted by molar-refractivity contribution is 6.29. The third-order valence-electron chi connectivity index (χ3n) is 8.68. The smallest absolute Gasteiger partial charge is 0.254 e. The third kappa shape index (κ3) is 6.00. The summed E-state index contributed by atoms with van der Waals surface area (Å²) in [6.07, 6.45) is 15.8. The van der Waals surface area contributed by atoms with E-state index in [2.05, 4.69) is 26.3 Å². The summed E-state index contributed by atoms with van der Waals surface area (Å²) in [7, 11) is 0. The fraction of sp³-hybridized carbons (Fsp3) is 0.452. The molecule has 2 atom stereocenters. The van der Waals surface area contributed by atoms with Crippen molar-refractivity contribution < 1.29 is 14.4 Å². The number of anilines is 1. The highest BCUT2D eigenvalue weighted by Crippen LogP contribution is 2.40. The quantitative estimate of drug-likeness (QED) is 0.347. The predicted octanol–water partition coefficient (Wildman–Crippen LogP) is 5.47. The van der Waals surface area contributed by atoms with Gasteiger partial charge in [0.05, 0.1) is 6.04 Å². The van der Waals surface area contributed by atoms with Crippen molar-refractivity contribution in [1.82, 2.24) is 19.9 Å². The Bertz CT molecular complexity index is 1510. The first-order valence-corrected chi connectivity index (χ1v) is 15.0. The number of pyridine rings is 2. The summed E-state index contributed by atoms with van der Waals surface area (Å²) in [5.74, 6) is 0.833. The fourth-order valence-electron chi connectivity index (χ4n) is 6.38. The van der Waals surface area contributed by atoms with Crippen molar-refractivity contribution in [3.63, 3.8) is 0 Å². The summed E-state index contributed by atoms with van der Waals surface area (Å²) >= 11 is 6.04. The molecule has 0 aromatic carbocycles. The van der Waals surface area contributed by atoms with Crippen LogP contribution in [0.15, 0.2) is 42.7 Å². The molecule has 0 radical (unpaired) electrons. The van der Waals surface area contributed by atoms with Crippen molar-refractivity contribution in [2.24, 2.45) is 17.6 Å². The molecule has 7 rings (SSSR count). The minimum absolute atomic E-state index is 0.00297. The van der Waals surface area contributed by atoms with E-state index in [1.165, 1.54) is 18.4 Å². The van der Waals surface area contributed by atoms with Crippen LogP contribution >= 0.6 is 11.6 Å². The van der Waals surface area contributed by atoms with Crippen molar-refractivity contribution in [2.45, 2.75) is 76.3 Å². The first kappa shape index (κ1) is 27.4. The molecule has 2 saturated carbocycles. The van der Waals surface area contributed by atoms with E-state index >= 15 is 0 Å². The van der Waals surface area contributed by atoms with Crippen LogP contribution in [0.25, 0.3) is 16.6 Å². The summed E-state index contributed by atoms with van der Waals surface area (Å²) in [5.41, 5.74) is 8.67. The first-order chi connectivity index (χ1) is 19.9. The molecule has 0 spiro atoms. The van der Waals surface area contributed by atoms with E-state index in [1.54, 1.807) is 18.3 Å². The average Bonchev–Trinajstić information content (AvgIpc) is 3.44. The van der Waals surface area contributed by atoms with E-state index in [0.29, 0.717) is 16.5 Å². The molecule has 3 amide bonds. The number of nitrogens with zero attached hydrogens (tertiary/aromatic N) is 3. The van der Waals surface area contributed by atoms with Crippen LogP contribution in [-0.4, -0.2) is 49.7 Å². The maximum absolute atomic E-state index is 13.4. The van der Waals surface area contributed by atoms with Gasteiger partial charge in [0.15, 0.2) is 0 Å². The minimum Gasteiger partial charge on any atom is -0.369 e. The zero-order chi connectivity index (χ0) is 28.5. The molecule has 2 unspecified atom stereocenters. The van der Waals surface area contributed by atoms with Gasteiger partial charge in [-0.25, -0.2) is 9.97 Å². The molecule has 41 heavy (non-hydrogen) atoms. The van der Waals surface area contributed by atoms with Gasteiger partial charge in [0.1, 0.15) is 16.6 Å². The Morgan fingerprint density at radius 3 is 2.49 bits per heavy atom. The number of hydrogen-bond donors (Lipinski definition) is 3. The Morgan fingerprint density at radius 2 is 1.80 bits per heavy atom. The zero-order valence-corrected chi connectivity index (χ0v) is 23.7. The number of rotatable bonds is 5. The number of hydrogen-bond acceptors (Lipinski definition) is 5. The average molecular weight is 575 g/mol. The predicted molar refractivity (Wildman–Crippen MR) is 158 cm³/mol. The molecule has 2 aliphatic carbocycles. The topological polar surface area (TPSA) is 134 Å². The molecule has 9 nitrogen and oxygen atoms in total. The third-order valence-corrected chi connectivity index (χ3v) is 8.88. The monoisotopic (exact) mass is 574 g/mol. The van der Waals surface area contributed by atoms with Crippen LogP contribution in [0.2, 0.25) is 5.15 Å². The highest BCUT2D eigenvalue weighted by atomic mass is 35.5. The molecule has 10 heteroatoms. The molecule has 3 aromatic heterocycles. The van der Waals surface area contributed by atoms with Gasteiger partial charge in [0, 0.05) is 41.2 Å². The Hall–Kier alpha value is -3.72. The number of amides is 3. The van der Waals surface area contributed by atoms with Crippen LogP contribution in [0.5, 0.6) is 0 Å². The second-order valence-corrected chi connectivity index (χ2v) is 12.0. The molecular formula is C31H35ClN6O3. The summed E-state index contributed by atoms with van der Waals surface area (Å²) in [5, 5.41) is 4.35. The van der Waals surface area contributed by atoms with Crippen molar-refractivity contribution in [2.75, 3.05) is 5.32 Å². The molecule has 3 fully saturated rings. The van der Waals surface area contributed by atoms with E-state index in [4.69, 9.17) is 17.3 Å². The lowest BCUT2D eigenvalue weighted by Gasteiger charge is -2.45. The number of aromatic nitrogens is 3. The Labute approximate surface area is 243 Å². The van der Waals surface area contributed by atoms with E-state index < -0.39 is 0 Å². The number of primary amides is 1. The molecular weight excluding hydrogens is 540 g/mol. The van der Waals surface area contributed by atoms with Gasteiger partial charge < -0.3 is 20.9 Å². The minimum atomic E-state index is -0.109. The SMILES string of the molecule is NC(=O)C1CCCC1.O=C(Nc1cc(C2=CC3CCCC(C2)N3C(=O)c2ccnc(Cl)c2)c2cc[nH]c2n1)C1CC1. The number of nitrogens with one attached hydrogen (secondary N) is 2. The fourth-order valence-corrected chi connectivity index (χ4v) is 6.56. The van der Waals surface area contributed by atoms with E-state index in [9.17, 15) is 14.4 Å². The number of halogens is 1. The number of carbonyl (C=O) groups excluding carboxylic acids is 3. The highest BCUT2D eigenvalue weighted by Gasteiger charge is 2.38. The van der Waals surface area contributed by atoms with Gasteiger partial charge in [-0.3, -0.25) is 14.4 Å². The van der Waals surface area contributed by atoms with Gasteiger partial charge in [0.25, 0.3) is 5.91 Å². The van der Waals surface area contributed by atoms with Crippen LogP contribution in [0.1, 0.15) is 80.1 Å². The van der Waals surface area contributed by atoms with Crippen LogP contribution in [-0.2, 0) is 9.59 Å². The second kappa shape index (κ2) is 11.6. The Morgan fingerprint density at radius 1 is 1.00 bits per heavy atom. The summed E-state index contributed by atoms with van der Waals surface area (Å²) < 4.78 is 0. The van der Waals surface area contributed by atoms with Gasteiger partial charge in [0.2, 0.25) is 11.8 Å². The van der Waals surface area contributed by atoms with Crippen LogP contribution < -0.4 is 11.1 Å². The number of H-pyrrole nitrogens is 1. The summed E-state index contributed by atoms with van der Waals surface area (Å²) in [6.45, 7) is 0. The standard InChI is InChI=1S/C25H24ClN5O2.C6H11NO/c26-21-12-15(6-8-27-21)25(33)31-17-2-1-3-18(31)11-16(10-17)20-13-22(30-24(32)14-4-5-14)29-23-19(20)7-9-28-23;7-6(8)5-3-1-2-4-5/h6-10,12-14,17-18H,1-5,11H2,(H2,28,29,30,32);5H,1-4H2,(H2,7,8). The first-order valence-electron chi connectivity index (χ1n) is 14.6. The number of nitrogens with two attached hydrogens (primary N) is 1. The lowest BCUT2D eigenvalue weighted by Crippen LogP contribution is -2.51. The van der Waals surface area contributed by atoms with Crippen molar-refractivity contribution in [3.05, 3.63) is 59.0 Å². The largest absolute Gasteiger partial charge is 0.369 e. The molecule has 214 valence electrons.